The molecule has 0 saturated heterocycles. The summed E-state index contributed by atoms with van der Waals surface area (Å²) >= 11 is 1.44. The maximum Gasteiger partial charge on any atom is 0.250 e. The molecule has 100 valence electrons. The van der Waals surface area contributed by atoms with Crippen LogP contribution in [0.4, 0.5) is 0 Å². The fourth-order valence-electron chi connectivity index (χ4n) is 2.16. The minimum absolute atomic E-state index is 0.0124. The molecule has 0 amide bonds. The van der Waals surface area contributed by atoms with Gasteiger partial charge in [-0.15, -0.1) is 0 Å². The van der Waals surface area contributed by atoms with Crippen LogP contribution in [0.2, 0.25) is 0 Å². The van der Waals surface area contributed by atoms with Gasteiger partial charge in [-0.05, 0) is 30.1 Å². The fraction of sp³-hybridized carbons (Fsp3) is 0.125. The van der Waals surface area contributed by atoms with Gasteiger partial charge in [0.05, 0.1) is 12.2 Å². The van der Waals surface area contributed by atoms with Crippen molar-refractivity contribution in [3.8, 4) is 11.1 Å². The highest BCUT2D eigenvalue weighted by Gasteiger charge is 2.06. The summed E-state index contributed by atoms with van der Waals surface area (Å²) in [6.45, 7) is 2.57. The van der Waals surface area contributed by atoms with Crippen LogP contribution in [0.3, 0.4) is 0 Å². The Balaban J connectivity index is 2.00. The van der Waals surface area contributed by atoms with Crippen molar-refractivity contribution in [3.63, 3.8) is 0 Å². The predicted octanol–water partition coefficient (Wildman–Crippen LogP) is 3.33. The lowest BCUT2D eigenvalue weighted by molar-refractivity contribution is 0.761. The molecule has 0 spiro atoms. The highest BCUT2D eigenvalue weighted by Crippen LogP contribution is 2.23. The van der Waals surface area contributed by atoms with Gasteiger partial charge < -0.3 is 4.57 Å². The van der Waals surface area contributed by atoms with Crippen molar-refractivity contribution >= 4 is 11.5 Å². The van der Waals surface area contributed by atoms with Gasteiger partial charge in [-0.3, -0.25) is 4.79 Å². The van der Waals surface area contributed by atoms with Crippen molar-refractivity contribution in [1.29, 1.82) is 0 Å². The van der Waals surface area contributed by atoms with Crippen molar-refractivity contribution in [2.45, 2.75) is 13.5 Å². The summed E-state index contributed by atoms with van der Waals surface area (Å²) in [5.74, 6) is 0. The van der Waals surface area contributed by atoms with Crippen LogP contribution in [0.25, 0.3) is 11.1 Å². The number of aromatic nitrogens is 2. The summed E-state index contributed by atoms with van der Waals surface area (Å²) in [6, 6.07) is 13.5. The van der Waals surface area contributed by atoms with Crippen LogP contribution < -0.4 is 5.56 Å². The Morgan fingerprint density at radius 1 is 1.15 bits per heavy atom. The van der Waals surface area contributed by atoms with Crippen LogP contribution in [0.15, 0.2) is 58.8 Å². The minimum atomic E-state index is 0.0124. The zero-order valence-electron chi connectivity index (χ0n) is 11.1. The monoisotopic (exact) mass is 282 g/mol. The molecule has 0 aliphatic heterocycles. The molecule has 0 fully saturated rings. The lowest BCUT2D eigenvalue weighted by atomic mass is 10.1. The number of hydrogen-bond acceptors (Lipinski definition) is 3. The van der Waals surface area contributed by atoms with Gasteiger partial charge in [0.15, 0.2) is 0 Å². The molecule has 0 unspecified atom stereocenters. The third-order valence-electron chi connectivity index (χ3n) is 3.24. The van der Waals surface area contributed by atoms with Gasteiger partial charge in [-0.1, -0.05) is 30.3 Å². The predicted molar refractivity (Wildman–Crippen MR) is 82.1 cm³/mol. The molecule has 4 heteroatoms. The second-order valence-electron chi connectivity index (χ2n) is 4.68. The van der Waals surface area contributed by atoms with Crippen LogP contribution in [0, 0.1) is 6.92 Å². The molecule has 0 aliphatic carbocycles. The van der Waals surface area contributed by atoms with Gasteiger partial charge in [0.2, 0.25) is 0 Å². The number of nitrogens with zero attached hydrogens (tertiary/aromatic N) is 2. The molecular formula is C16H14N2OS. The van der Waals surface area contributed by atoms with E-state index in [0.717, 1.165) is 22.4 Å². The highest BCUT2D eigenvalue weighted by molar-refractivity contribution is 7.04. The average molecular weight is 282 g/mol. The van der Waals surface area contributed by atoms with E-state index in [1.165, 1.54) is 11.5 Å². The topological polar surface area (TPSA) is 34.9 Å². The Kier molecular flexibility index (Phi) is 3.48. The first-order valence-corrected chi connectivity index (χ1v) is 7.23. The molecule has 3 nitrogen and oxygen atoms in total. The number of pyridine rings is 1. The molecule has 0 aliphatic rings. The SMILES string of the molecule is Cc1nscc1-c1ccc(=O)n(Cc2ccccc2)c1. The van der Waals surface area contributed by atoms with Crippen molar-refractivity contribution < 1.29 is 0 Å². The standard InChI is InChI=1S/C16H14N2OS/c1-12-15(11-20-17-12)14-7-8-16(19)18(10-14)9-13-5-3-2-4-6-13/h2-8,10-11H,9H2,1H3. The zero-order valence-corrected chi connectivity index (χ0v) is 11.9. The van der Waals surface area contributed by atoms with Crippen molar-refractivity contribution in [1.82, 2.24) is 8.94 Å². The summed E-state index contributed by atoms with van der Waals surface area (Å²) in [5, 5.41) is 2.02. The van der Waals surface area contributed by atoms with Crippen LogP contribution in [-0.2, 0) is 6.54 Å². The second kappa shape index (κ2) is 5.43. The number of aryl methyl sites for hydroxylation is 1. The molecule has 0 N–H and O–H groups in total. The van der Waals surface area contributed by atoms with E-state index in [1.807, 2.05) is 54.9 Å². The van der Waals surface area contributed by atoms with Crippen molar-refractivity contribution in [2.24, 2.45) is 0 Å². The largest absolute Gasteiger partial charge is 0.310 e. The van der Waals surface area contributed by atoms with Gasteiger partial charge in [0.25, 0.3) is 5.56 Å². The number of rotatable bonds is 3. The van der Waals surface area contributed by atoms with E-state index in [1.54, 1.807) is 10.6 Å². The lowest BCUT2D eigenvalue weighted by Crippen LogP contribution is -2.19. The van der Waals surface area contributed by atoms with Crippen LogP contribution in [0.1, 0.15) is 11.3 Å². The normalized spacial score (nSPS) is 10.7. The van der Waals surface area contributed by atoms with Gasteiger partial charge >= 0.3 is 0 Å². The fourth-order valence-corrected chi connectivity index (χ4v) is 2.89. The zero-order chi connectivity index (χ0) is 13.9. The molecule has 1 aromatic carbocycles. The van der Waals surface area contributed by atoms with Crippen LogP contribution in [-0.4, -0.2) is 8.94 Å². The Morgan fingerprint density at radius 2 is 1.95 bits per heavy atom. The Bertz CT molecular complexity index is 774. The van der Waals surface area contributed by atoms with Gasteiger partial charge in [-0.25, -0.2) is 0 Å². The van der Waals surface area contributed by atoms with E-state index in [9.17, 15) is 4.79 Å². The first-order chi connectivity index (χ1) is 9.74. The minimum Gasteiger partial charge on any atom is -0.310 e. The molecule has 0 saturated carbocycles. The third kappa shape index (κ3) is 2.56. The molecule has 3 rings (SSSR count). The molecule has 2 aromatic heterocycles. The molecule has 0 atom stereocenters. The third-order valence-corrected chi connectivity index (χ3v) is 3.96. The van der Waals surface area contributed by atoms with Crippen LogP contribution in [0.5, 0.6) is 0 Å². The molecule has 2 heterocycles. The summed E-state index contributed by atoms with van der Waals surface area (Å²) < 4.78 is 6.02. The summed E-state index contributed by atoms with van der Waals surface area (Å²) in [4.78, 5) is 12.0. The van der Waals surface area contributed by atoms with Gasteiger partial charge in [0.1, 0.15) is 0 Å². The molecule has 0 radical (unpaired) electrons. The van der Waals surface area contributed by atoms with Crippen LogP contribution >= 0.6 is 11.5 Å². The molecule has 3 aromatic rings. The Hall–Kier alpha value is -2.20. The van der Waals surface area contributed by atoms with Gasteiger partial charge in [-0.2, -0.15) is 4.37 Å². The quantitative estimate of drug-likeness (QED) is 0.738. The van der Waals surface area contributed by atoms with Crippen molar-refractivity contribution in [3.05, 3.63) is 75.7 Å². The summed E-state index contributed by atoms with van der Waals surface area (Å²) in [5.41, 5.74) is 4.26. The number of benzene rings is 1. The Labute approximate surface area is 121 Å². The first kappa shape index (κ1) is 12.8. The first-order valence-electron chi connectivity index (χ1n) is 6.40. The van der Waals surface area contributed by atoms with E-state index in [2.05, 4.69) is 4.37 Å². The highest BCUT2D eigenvalue weighted by atomic mass is 32.1. The van der Waals surface area contributed by atoms with E-state index in [0.29, 0.717) is 6.54 Å². The average Bonchev–Trinajstić information content (AvgIpc) is 2.89. The smallest absolute Gasteiger partial charge is 0.250 e. The second-order valence-corrected chi connectivity index (χ2v) is 5.31. The van der Waals surface area contributed by atoms with Gasteiger partial charge in [0, 0.05) is 28.8 Å². The number of hydrogen-bond donors (Lipinski definition) is 0. The van der Waals surface area contributed by atoms with Crippen molar-refractivity contribution in [2.75, 3.05) is 0 Å². The molecule has 0 bridgehead atoms. The summed E-state index contributed by atoms with van der Waals surface area (Å²) in [6.07, 6.45) is 1.91. The van der Waals surface area contributed by atoms with E-state index >= 15 is 0 Å². The maximum absolute atomic E-state index is 12.0. The Morgan fingerprint density at radius 3 is 2.65 bits per heavy atom. The molecular weight excluding hydrogens is 268 g/mol. The lowest BCUT2D eigenvalue weighted by Gasteiger charge is -2.08. The van der Waals surface area contributed by atoms with E-state index in [-0.39, 0.29) is 5.56 Å². The maximum atomic E-state index is 12.0. The van der Waals surface area contributed by atoms with E-state index < -0.39 is 0 Å². The van der Waals surface area contributed by atoms with E-state index in [4.69, 9.17) is 0 Å². The summed E-state index contributed by atoms with van der Waals surface area (Å²) in [7, 11) is 0. The molecule has 20 heavy (non-hydrogen) atoms.